The number of amides is 1. The van der Waals surface area contributed by atoms with Gasteiger partial charge in [0.15, 0.2) is 0 Å². The van der Waals surface area contributed by atoms with E-state index in [1.165, 1.54) is 17.8 Å². The number of tetrazole rings is 1. The summed E-state index contributed by atoms with van der Waals surface area (Å²) in [5, 5.41) is 12.3. The van der Waals surface area contributed by atoms with Gasteiger partial charge in [0.2, 0.25) is 11.1 Å². The highest BCUT2D eigenvalue weighted by molar-refractivity contribution is 7.99. The average molecular weight is 393 g/mol. The summed E-state index contributed by atoms with van der Waals surface area (Å²) < 4.78 is 15.6. The molecule has 1 aliphatic heterocycles. The molecule has 1 saturated heterocycles. The number of anilines is 1. The van der Waals surface area contributed by atoms with Gasteiger partial charge in [-0.05, 0) is 36.7 Å². The van der Waals surface area contributed by atoms with Crippen LogP contribution in [0.3, 0.4) is 0 Å². The van der Waals surface area contributed by atoms with Crippen molar-refractivity contribution in [3.63, 3.8) is 0 Å². The highest BCUT2D eigenvalue weighted by Crippen LogP contribution is 2.21. The van der Waals surface area contributed by atoms with Gasteiger partial charge in [-0.2, -0.15) is 0 Å². The lowest BCUT2D eigenvalue weighted by Gasteiger charge is -2.36. The second-order valence-electron chi connectivity index (χ2n) is 6.60. The summed E-state index contributed by atoms with van der Waals surface area (Å²) in [5.74, 6) is 0.120. The molecule has 1 aromatic carbocycles. The van der Waals surface area contributed by atoms with E-state index >= 15 is 0 Å². The third kappa shape index (κ3) is 5.16. The number of para-hydroxylation sites is 1. The van der Waals surface area contributed by atoms with Gasteiger partial charge in [-0.3, -0.25) is 4.79 Å². The van der Waals surface area contributed by atoms with Crippen LogP contribution < -0.4 is 4.90 Å². The van der Waals surface area contributed by atoms with E-state index in [1.54, 1.807) is 16.8 Å². The van der Waals surface area contributed by atoms with Gasteiger partial charge in [-0.15, -0.1) is 5.10 Å². The van der Waals surface area contributed by atoms with E-state index in [9.17, 15) is 9.18 Å². The summed E-state index contributed by atoms with van der Waals surface area (Å²) in [6.45, 7) is 3.91. The molecule has 0 radical (unpaired) electrons. The van der Waals surface area contributed by atoms with Crippen molar-refractivity contribution in [2.45, 2.75) is 11.7 Å². The van der Waals surface area contributed by atoms with E-state index in [1.807, 2.05) is 30.0 Å². The smallest absolute Gasteiger partial charge is 0.233 e. The van der Waals surface area contributed by atoms with E-state index in [-0.39, 0.29) is 11.7 Å². The lowest BCUT2D eigenvalue weighted by molar-refractivity contribution is -0.128. The van der Waals surface area contributed by atoms with Gasteiger partial charge in [-0.1, -0.05) is 23.9 Å². The second-order valence-corrected chi connectivity index (χ2v) is 7.54. The molecule has 2 heterocycles. The molecule has 1 fully saturated rings. The van der Waals surface area contributed by atoms with Crippen LogP contribution in [0.2, 0.25) is 0 Å². The van der Waals surface area contributed by atoms with Gasteiger partial charge >= 0.3 is 0 Å². The monoisotopic (exact) mass is 393 g/mol. The molecule has 1 aromatic heterocycles. The number of piperazine rings is 1. The minimum Gasteiger partial charge on any atom is -0.366 e. The maximum Gasteiger partial charge on any atom is 0.233 e. The van der Waals surface area contributed by atoms with Gasteiger partial charge in [-0.25, -0.2) is 9.07 Å². The Hall–Kier alpha value is -2.20. The molecule has 1 aliphatic rings. The van der Waals surface area contributed by atoms with Crippen LogP contribution in [0.5, 0.6) is 0 Å². The minimum absolute atomic E-state index is 0.0512. The summed E-state index contributed by atoms with van der Waals surface area (Å²) in [5.41, 5.74) is 0.596. The molecule has 1 amide bonds. The number of likely N-dealkylation sites (N-methyl/N-ethyl adjacent to an activating group) is 1. The minimum atomic E-state index is -0.225. The fraction of sp³-hybridized carbons (Fsp3) is 0.529. The molecule has 0 atom stereocenters. The van der Waals surface area contributed by atoms with Crippen LogP contribution >= 0.6 is 11.8 Å². The molecular weight excluding hydrogens is 369 g/mol. The normalized spacial score (nSPS) is 14.8. The zero-order chi connectivity index (χ0) is 19.2. The molecule has 0 spiro atoms. The molecule has 0 N–H and O–H groups in total. The van der Waals surface area contributed by atoms with E-state index in [0.717, 1.165) is 6.54 Å². The maximum absolute atomic E-state index is 13.9. The molecule has 2 aromatic rings. The van der Waals surface area contributed by atoms with Crippen LogP contribution in [-0.4, -0.2) is 88.5 Å². The summed E-state index contributed by atoms with van der Waals surface area (Å²) in [7, 11) is 3.98. The van der Waals surface area contributed by atoms with Gasteiger partial charge in [0.05, 0.1) is 18.0 Å². The Kier molecular flexibility index (Phi) is 6.62. The summed E-state index contributed by atoms with van der Waals surface area (Å²) >= 11 is 1.35. The van der Waals surface area contributed by atoms with E-state index < -0.39 is 0 Å². The first-order valence-corrected chi connectivity index (χ1v) is 9.84. The number of carbonyl (C=O) groups is 1. The van der Waals surface area contributed by atoms with Crippen LogP contribution in [0, 0.1) is 5.82 Å². The highest BCUT2D eigenvalue weighted by Gasteiger charge is 2.23. The van der Waals surface area contributed by atoms with Crippen molar-refractivity contribution in [2.24, 2.45) is 0 Å². The molecule has 0 unspecified atom stereocenters. The Labute approximate surface area is 162 Å². The Balaban J connectivity index is 1.48. The van der Waals surface area contributed by atoms with Crippen molar-refractivity contribution in [1.29, 1.82) is 0 Å². The molecule has 8 nitrogen and oxygen atoms in total. The van der Waals surface area contributed by atoms with Gasteiger partial charge in [0, 0.05) is 32.7 Å². The fourth-order valence-electron chi connectivity index (χ4n) is 2.86. The molecule has 146 valence electrons. The van der Waals surface area contributed by atoms with E-state index in [2.05, 4.69) is 20.4 Å². The van der Waals surface area contributed by atoms with Crippen molar-refractivity contribution in [1.82, 2.24) is 30.0 Å². The number of carbonyl (C=O) groups excluding carboxylic acids is 1. The molecule has 3 rings (SSSR count). The quantitative estimate of drug-likeness (QED) is 0.645. The van der Waals surface area contributed by atoms with E-state index in [0.29, 0.717) is 49.3 Å². The lowest BCUT2D eigenvalue weighted by atomic mass is 10.2. The third-order valence-electron chi connectivity index (χ3n) is 4.41. The third-order valence-corrected chi connectivity index (χ3v) is 5.35. The molecule has 0 bridgehead atoms. The largest absolute Gasteiger partial charge is 0.366 e. The molecule has 0 aliphatic carbocycles. The number of nitrogens with zero attached hydrogens (tertiary/aromatic N) is 7. The topological polar surface area (TPSA) is 70.4 Å². The Morgan fingerprint density at radius 3 is 2.67 bits per heavy atom. The number of halogens is 1. The molecule has 27 heavy (non-hydrogen) atoms. The zero-order valence-corrected chi connectivity index (χ0v) is 16.4. The Morgan fingerprint density at radius 2 is 1.96 bits per heavy atom. The number of hydrogen-bond acceptors (Lipinski definition) is 7. The first kappa shape index (κ1) is 19.6. The van der Waals surface area contributed by atoms with Gasteiger partial charge in [0.1, 0.15) is 5.82 Å². The molecule has 10 heteroatoms. The average Bonchev–Trinajstić information content (AvgIpc) is 3.12. The van der Waals surface area contributed by atoms with Crippen molar-refractivity contribution >= 4 is 23.4 Å². The Morgan fingerprint density at radius 1 is 1.22 bits per heavy atom. The van der Waals surface area contributed by atoms with Gasteiger partial charge < -0.3 is 14.7 Å². The summed E-state index contributed by atoms with van der Waals surface area (Å²) in [6.07, 6.45) is 0. The first-order chi connectivity index (χ1) is 13.0. The van der Waals surface area contributed by atoms with E-state index in [4.69, 9.17) is 0 Å². The lowest BCUT2D eigenvalue weighted by Crippen LogP contribution is -2.49. The van der Waals surface area contributed by atoms with Crippen molar-refractivity contribution in [3.05, 3.63) is 30.1 Å². The number of rotatable bonds is 7. The fourth-order valence-corrected chi connectivity index (χ4v) is 3.66. The van der Waals surface area contributed by atoms with Crippen molar-refractivity contribution in [3.8, 4) is 0 Å². The molecule has 0 saturated carbocycles. The number of benzene rings is 1. The predicted molar refractivity (Wildman–Crippen MR) is 102 cm³/mol. The van der Waals surface area contributed by atoms with Crippen LogP contribution in [0.4, 0.5) is 10.1 Å². The highest BCUT2D eigenvalue weighted by atomic mass is 32.2. The van der Waals surface area contributed by atoms with Crippen molar-refractivity contribution < 1.29 is 9.18 Å². The maximum atomic E-state index is 13.9. The molecular formula is C17H24FN7OS. The summed E-state index contributed by atoms with van der Waals surface area (Å²) in [6, 6.07) is 6.75. The zero-order valence-electron chi connectivity index (χ0n) is 15.6. The van der Waals surface area contributed by atoms with Crippen LogP contribution in [0.1, 0.15) is 0 Å². The van der Waals surface area contributed by atoms with Crippen LogP contribution in [0.25, 0.3) is 0 Å². The van der Waals surface area contributed by atoms with Gasteiger partial charge in [0.25, 0.3) is 0 Å². The van der Waals surface area contributed by atoms with Crippen LogP contribution in [0.15, 0.2) is 29.4 Å². The standard InChI is InChI=1S/C17H24FN7OS/c1-22(2)7-12-25-17(19-20-21-25)27-13-16(26)24-10-8-23(9-11-24)15-6-4-3-5-14(15)18/h3-6H,7-13H2,1-2H3. The number of thioether (sulfide) groups is 1. The number of hydrogen-bond donors (Lipinski definition) is 0. The second kappa shape index (κ2) is 9.14. The number of aromatic nitrogens is 4. The summed E-state index contributed by atoms with van der Waals surface area (Å²) in [4.78, 5) is 18.4. The van der Waals surface area contributed by atoms with Crippen molar-refractivity contribution in [2.75, 3.05) is 57.5 Å². The van der Waals surface area contributed by atoms with Crippen LogP contribution in [-0.2, 0) is 11.3 Å². The SMILES string of the molecule is CN(C)CCn1nnnc1SCC(=O)N1CCN(c2ccccc2F)CC1. The predicted octanol–water partition coefficient (Wildman–Crippen LogP) is 0.815. The first-order valence-electron chi connectivity index (χ1n) is 8.85. The Bertz CT molecular complexity index is 761.